The molecule has 2 saturated heterocycles. The Morgan fingerprint density at radius 3 is 1.14 bits per heavy atom. The smallest absolute Gasteiger partial charge is 0.00462 e. The summed E-state index contributed by atoms with van der Waals surface area (Å²) in [6.07, 6.45) is 5.69. The van der Waals surface area contributed by atoms with Crippen molar-refractivity contribution < 1.29 is 0 Å². The first-order valence-electron chi connectivity index (χ1n) is 5.38. The lowest BCUT2D eigenvalue weighted by Crippen LogP contribution is -2.37. The fourth-order valence-electron chi connectivity index (χ4n) is 2.63. The maximum Gasteiger partial charge on any atom is -0.00462 e. The van der Waals surface area contributed by atoms with Crippen LogP contribution in [0.2, 0.25) is 0 Å². The molecule has 4 heteroatoms. The molecule has 2 heterocycles. The van der Waals surface area contributed by atoms with Crippen LogP contribution in [0.25, 0.3) is 0 Å². The standard InChI is InChI=1S/C10H20N2.2ClH/c1-5-11-6-2-9(1)10-3-7-12-8-4-10;;/h9-12H,1-8H2;2*1H. The van der Waals surface area contributed by atoms with Crippen LogP contribution in [0.5, 0.6) is 0 Å². The van der Waals surface area contributed by atoms with Gasteiger partial charge in [0.05, 0.1) is 0 Å². The Morgan fingerprint density at radius 2 is 0.857 bits per heavy atom. The first-order valence-corrected chi connectivity index (χ1v) is 5.38. The van der Waals surface area contributed by atoms with E-state index < -0.39 is 0 Å². The highest BCUT2D eigenvalue weighted by atomic mass is 35.5. The van der Waals surface area contributed by atoms with E-state index in [1.807, 2.05) is 0 Å². The number of halogens is 2. The Morgan fingerprint density at radius 1 is 0.571 bits per heavy atom. The molecule has 2 fully saturated rings. The van der Waals surface area contributed by atoms with Crippen molar-refractivity contribution in [2.24, 2.45) is 11.8 Å². The normalized spacial score (nSPS) is 24.9. The molecule has 2 N–H and O–H groups in total. The Balaban J connectivity index is 0.000000845. The van der Waals surface area contributed by atoms with Crippen molar-refractivity contribution in [3.8, 4) is 0 Å². The summed E-state index contributed by atoms with van der Waals surface area (Å²) in [6.45, 7) is 5.03. The van der Waals surface area contributed by atoms with Crippen LogP contribution in [0.15, 0.2) is 0 Å². The van der Waals surface area contributed by atoms with Crippen molar-refractivity contribution in [2.45, 2.75) is 25.7 Å². The molecular weight excluding hydrogens is 219 g/mol. The summed E-state index contributed by atoms with van der Waals surface area (Å²) in [5, 5.41) is 6.88. The van der Waals surface area contributed by atoms with E-state index in [-0.39, 0.29) is 24.8 Å². The third-order valence-electron chi connectivity index (χ3n) is 3.43. The molecule has 14 heavy (non-hydrogen) atoms. The van der Waals surface area contributed by atoms with E-state index in [1.165, 1.54) is 51.9 Å². The highest BCUT2D eigenvalue weighted by Gasteiger charge is 2.24. The number of hydrogen-bond donors (Lipinski definition) is 2. The van der Waals surface area contributed by atoms with Crippen molar-refractivity contribution in [3.05, 3.63) is 0 Å². The first kappa shape index (κ1) is 14.5. The van der Waals surface area contributed by atoms with Gasteiger partial charge in [-0.15, -0.1) is 24.8 Å². The van der Waals surface area contributed by atoms with Gasteiger partial charge in [0.1, 0.15) is 0 Å². The van der Waals surface area contributed by atoms with Gasteiger partial charge in [-0.2, -0.15) is 0 Å². The molecule has 0 aliphatic carbocycles. The Bertz CT molecular complexity index is 116. The molecule has 2 rings (SSSR count). The fraction of sp³-hybridized carbons (Fsp3) is 1.00. The number of hydrogen-bond acceptors (Lipinski definition) is 2. The van der Waals surface area contributed by atoms with Crippen LogP contribution in [-0.4, -0.2) is 26.2 Å². The molecule has 0 spiro atoms. The Kier molecular flexibility index (Phi) is 8.02. The zero-order chi connectivity index (χ0) is 8.23. The molecule has 0 saturated carbocycles. The van der Waals surface area contributed by atoms with Crippen LogP contribution in [-0.2, 0) is 0 Å². The van der Waals surface area contributed by atoms with Gasteiger partial charge in [-0.05, 0) is 63.7 Å². The molecule has 86 valence electrons. The van der Waals surface area contributed by atoms with Crippen LogP contribution in [0.1, 0.15) is 25.7 Å². The van der Waals surface area contributed by atoms with Crippen molar-refractivity contribution in [1.82, 2.24) is 10.6 Å². The molecule has 0 aromatic heterocycles. The summed E-state index contributed by atoms with van der Waals surface area (Å²) in [6, 6.07) is 0. The van der Waals surface area contributed by atoms with Gasteiger partial charge in [-0.1, -0.05) is 0 Å². The fourth-order valence-corrected chi connectivity index (χ4v) is 2.63. The van der Waals surface area contributed by atoms with Crippen LogP contribution >= 0.6 is 24.8 Å². The summed E-state index contributed by atoms with van der Waals surface area (Å²) < 4.78 is 0. The second-order valence-electron chi connectivity index (χ2n) is 4.17. The molecular formula is C10H22Cl2N2. The third-order valence-corrected chi connectivity index (χ3v) is 3.43. The van der Waals surface area contributed by atoms with Crippen molar-refractivity contribution in [3.63, 3.8) is 0 Å². The highest BCUT2D eigenvalue weighted by Crippen LogP contribution is 2.28. The van der Waals surface area contributed by atoms with Gasteiger partial charge in [0.15, 0.2) is 0 Å². The molecule has 0 amide bonds. The molecule has 0 radical (unpaired) electrons. The van der Waals surface area contributed by atoms with Gasteiger partial charge < -0.3 is 10.6 Å². The zero-order valence-electron chi connectivity index (χ0n) is 8.63. The monoisotopic (exact) mass is 240 g/mol. The van der Waals surface area contributed by atoms with E-state index in [4.69, 9.17) is 0 Å². The van der Waals surface area contributed by atoms with Crippen LogP contribution in [0.3, 0.4) is 0 Å². The van der Waals surface area contributed by atoms with Gasteiger partial charge in [0, 0.05) is 0 Å². The van der Waals surface area contributed by atoms with Crippen molar-refractivity contribution >= 4 is 24.8 Å². The second kappa shape index (κ2) is 7.75. The third kappa shape index (κ3) is 3.93. The summed E-state index contributed by atoms with van der Waals surface area (Å²) in [7, 11) is 0. The minimum atomic E-state index is 0. The van der Waals surface area contributed by atoms with E-state index in [1.54, 1.807) is 0 Å². The zero-order valence-corrected chi connectivity index (χ0v) is 10.3. The van der Waals surface area contributed by atoms with Gasteiger partial charge in [-0.3, -0.25) is 0 Å². The predicted octanol–water partition coefficient (Wildman–Crippen LogP) is 1.83. The lowest BCUT2D eigenvalue weighted by Gasteiger charge is -2.33. The lowest BCUT2D eigenvalue weighted by molar-refractivity contribution is 0.212. The SMILES string of the molecule is C1CC(C2CCNCC2)CCN1.Cl.Cl. The maximum atomic E-state index is 3.44. The summed E-state index contributed by atoms with van der Waals surface area (Å²) in [5.41, 5.74) is 0. The Labute approximate surface area is 99.4 Å². The molecule has 0 aromatic rings. The van der Waals surface area contributed by atoms with Gasteiger partial charge in [0.25, 0.3) is 0 Å². The molecule has 0 unspecified atom stereocenters. The second-order valence-corrected chi connectivity index (χ2v) is 4.17. The molecule has 2 aliphatic rings. The predicted molar refractivity (Wildman–Crippen MR) is 65.7 cm³/mol. The lowest BCUT2D eigenvalue weighted by atomic mass is 9.80. The van der Waals surface area contributed by atoms with E-state index in [2.05, 4.69) is 10.6 Å². The summed E-state index contributed by atoms with van der Waals surface area (Å²) in [4.78, 5) is 0. The van der Waals surface area contributed by atoms with E-state index >= 15 is 0 Å². The van der Waals surface area contributed by atoms with Crippen molar-refractivity contribution in [1.29, 1.82) is 0 Å². The Hall–Kier alpha value is 0.500. The number of rotatable bonds is 1. The topological polar surface area (TPSA) is 24.1 Å². The largest absolute Gasteiger partial charge is 0.317 e. The molecule has 2 aliphatic heterocycles. The van der Waals surface area contributed by atoms with Gasteiger partial charge in [0.2, 0.25) is 0 Å². The van der Waals surface area contributed by atoms with E-state index in [0.717, 1.165) is 11.8 Å². The highest BCUT2D eigenvalue weighted by molar-refractivity contribution is 5.85. The average Bonchev–Trinajstić information content (AvgIpc) is 2.21. The van der Waals surface area contributed by atoms with Gasteiger partial charge >= 0.3 is 0 Å². The van der Waals surface area contributed by atoms with Crippen molar-refractivity contribution in [2.75, 3.05) is 26.2 Å². The first-order chi connectivity index (χ1) is 5.97. The average molecular weight is 241 g/mol. The van der Waals surface area contributed by atoms with Crippen LogP contribution < -0.4 is 10.6 Å². The summed E-state index contributed by atoms with van der Waals surface area (Å²) >= 11 is 0. The molecule has 2 nitrogen and oxygen atoms in total. The van der Waals surface area contributed by atoms with Crippen LogP contribution in [0.4, 0.5) is 0 Å². The van der Waals surface area contributed by atoms with Crippen LogP contribution in [0, 0.1) is 11.8 Å². The molecule has 0 bridgehead atoms. The quantitative estimate of drug-likeness (QED) is 0.731. The minimum absolute atomic E-state index is 0. The van der Waals surface area contributed by atoms with E-state index in [9.17, 15) is 0 Å². The van der Waals surface area contributed by atoms with Gasteiger partial charge in [-0.25, -0.2) is 0 Å². The molecule has 0 aromatic carbocycles. The minimum Gasteiger partial charge on any atom is -0.317 e. The molecule has 0 atom stereocenters. The number of piperidine rings is 2. The number of nitrogens with one attached hydrogen (secondary N) is 2. The summed E-state index contributed by atoms with van der Waals surface area (Å²) in [5.74, 6) is 2.07. The maximum absolute atomic E-state index is 3.44. The van der Waals surface area contributed by atoms with E-state index in [0.29, 0.717) is 0 Å².